The minimum atomic E-state index is -1.31. The van der Waals surface area contributed by atoms with E-state index in [9.17, 15) is 28.0 Å². The van der Waals surface area contributed by atoms with Crippen LogP contribution in [-0.2, 0) is 19.2 Å². The Hall–Kier alpha value is -5.20. The van der Waals surface area contributed by atoms with Crippen molar-refractivity contribution in [2.75, 3.05) is 13.3 Å². The average molecular weight is 830 g/mol. The van der Waals surface area contributed by atoms with Crippen LogP contribution in [0.2, 0.25) is 0 Å². The fraction of sp³-hybridized carbons (Fsp3) is 0.532. The summed E-state index contributed by atoms with van der Waals surface area (Å²) in [4.78, 5) is 64.3. The van der Waals surface area contributed by atoms with Crippen molar-refractivity contribution in [3.63, 3.8) is 0 Å². The molecule has 11 nitrogen and oxygen atoms in total. The van der Waals surface area contributed by atoms with Crippen molar-refractivity contribution in [1.82, 2.24) is 31.2 Å². The first-order chi connectivity index (χ1) is 27.9. The van der Waals surface area contributed by atoms with Gasteiger partial charge in [-0.15, -0.1) is 0 Å². The van der Waals surface area contributed by atoms with E-state index in [2.05, 4.69) is 55.5 Å². The first-order valence-corrected chi connectivity index (χ1v) is 20.8. The largest absolute Gasteiger partial charge is 0.345 e. The number of benzene rings is 2. The Labute approximate surface area is 354 Å². The van der Waals surface area contributed by atoms with Gasteiger partial charge in [0.05, 0.1) is 24.0 Å². The maximum absolute atomic E-state index is 13.7. The molecule has 0 saturated heterocycles. The predicted octanol–water partition coefficient (Wildman–Crippen LogP) is 8.44. The molecule has 4 atom stereocenters. The second kappa shape index (κ2) is 19.0. The lowest BCUT2D eigenvalue weighted by atomic mass is 9.80. The monoisotopic (exact) mass is 830 g/mol. The van der Waals surface area contributed by atoms with E-state index in [1.54, 1.807) is 20.0 Å². The van der Waals surface area contributed by atoms with E-state index >= 15 is 0 Å². The van der Waals surface area contributed by atoms with Gasteiger partial charge in [0, 0.05) is 18.3 Å². The van der Waals surface area contributed by atoms with Gasteiger partial charge in [-0.1, -0.05) is 118 Å². The summed E-state index contributed by atoms with van der Waals surface area (Å²) >= 11 is 0. The number of halogens is 2. The van der Waals surface area contributed by atoms with Crippen LogP contribution < -0.4 is 21.3 Å². The molecule has 1 aliphatic heterocycles. The highest BCUT2D eigenvalue weighted by Gasteiger charge is 2.42. The highest BCUT2D eigenvalue weighted by atomic mass is 19.1. The molecule has 60 heavy (non-hydrogen) atoms. The van der Waals surface area contributed by atoms with E-state index in [4.69, 9.17) is 4.99 Å². The number of aliphatic imine (C=N–C) groups is 1. The zero-order chi connectivity index (χ0) is 44.8. The number of allylic oxidation sites excluding steroid dienone is 1. The van der Waals surface area contributed by atoms with Crippen LogP contribution in [0.1, 0.15) is 120 Å². The molecule has 0 radical (unpaired) electrons. The number of alkyl halides is 2. The molecule has 4 amide bonds. The van der Waals surface area contributed by atoms with Crippen molar-refractivity contribution in [1.29, 1.82) is 0 Å². The Morgan fingerprint density at radius 2 is 1.07 bits per heavy atom. The van der Waals surface area contributed by atoms with Crippen molar-refractivity contribution in [3.05, 3.63) is 72.3 Å². The third kappa shape index (κ3) is 12.0. The van der Waals surface area contributed by atoms with Gasteiger partial charge in [0.2, 0.25) is 11.8 Å². The van der Waals surface area contributed by atoms with E-state index in [-0.39, 0.29) is 17.7 Å². The summed E-state index contributed by atoms with van der Waals surface area (Å²) < 4.78 is 26.4. The van der Waals surface area contributed by atoms with Gasteiger partial charge < -0.3 is 26.3 Å². The van der Waals surface area contributed by atoms with Crippen molar-refractivity contribution in [2.24, 2.45) is 27.7 Å². The highest BCUT2D eigenvalue weighted by molar-refractivity contribution is 6.04. The normalized spacial score (nSPS) is 16.3. The fourth-order valence-electron chi connectivity index (χ4n) is 7.94. The summed E-state index contributed by atoms with van der Waals surface area (Å²) in [5.74, 6) is -1.74. The van der Waals surface area contributed by atoms with Gasteiger partial charge in [-0.25, -0.2) is 13.8 Å². The smallest absolute Gasteiger partial charge is 0.252 e. The molecule has 13 heteroatoms. The van der Waals surface area contributed by atoms with Gasteiger partial charge in [-0.05, 0) is 77.2 Å². The zero-order valence-electron chi connectivity index (χ0n) is 37.4. The molecule has 0 bridgehead atoms. The molecule has 5 N–H and O–H groups in total. The molecule has 2 aromatic carbocycles. The van der Waals surface area contributed by atoms with Gasteiger partial charge in [0.15, 0.2) is 13.3 Å². The number of aromatic amines is 1. The number of hydrogen-bond donors (Lipinski definition) is 5. The summed E-state index contributed by atoms with van der Waals surface area (Å²) in [7, 11) is 0. The Bertz CT molecular complexity index is 2060. The van der Waals surface area contributed by atoms with E-state index in [0.717, 1.165) is 39.2 Å². The van der Waals surface area contributed by atoms with E-state index < -0.39 is 65.1 Å². The lowest BCUT2D eigenvalue weighted by Crippen LogP contribution is -2.62. The van der Waals surface area contributed by atoms with Crippen LogP contribution in [0, 0.1) is 22.7 Å². The minimum Gasteiger partial charge on any atom is -0.345 e. The second-order valence-electron chi connectivity index (χ2n) is 19.6. The fourth-order valence-corrected chi connectivity index (χ4v) is 7.94. The van der Waals surface area contributed by atoms with Crippen molar-refractivity contribution in [2.45, 2.75) is 126 Å². The number of carbonyl (C=O) groups is 4. The molecule has 3 aromatic rings. The molecule has 4 rings (SSSR count). The van der Waals surface area contributed by atoms with Crippen LogP contribution in [0.5, 0.6) is 0 Å². The number of amides is 4. The molecule has 0 saturated carbocycles. The second-order valence-corrected chi connectivity index (χ2v) is 19.6. The summed E-state index contributed by atoms with van der Waals surface area (Å²) in [6.45, 7) is 20.7. The van der Waals surface area contributed by atoms with E-state index in [0.29, 0.717) is 25.1 Å². The van der Waals surface area contributed by atoms with Crippen LogP contribution in [0.15, 0.2) is 65.9 Å². The summed E-state index contributed by atoms with van der Waals surface area (Å²) in [5, 5.41) is 11.4. The predicted molar refractivity (Wildman–Crippen MR) is 235 cm³/mol. The number of carbonyl (C=O) groups excluding carboxylic acids is 4. The molecule has 0 spiro atoms. The van der Waals surface area contributed by atoms with Crippen LogP contribution in [0.25, 0.3) is 28.0 Å². The Kier molecular flexibility index (Phi) is 15.1. The van der Waals surface area contributed by atoms with Gasteiger partial charge in [-0.3, -0.25) is 24.2 Å². The summed E-state index contributed by atoms with van der Waals surface area (Å²) in [6, 6.07) is 15.4. The van der Waals surface area contributed by atoms with Gasteiger partial charge in [0.1, 0.15) is 16.9 Å². The number of H-pyrrole nitrogens is 1. The lowest BCUT2D eigenvalue weighted by Gasteiger charge is -2.37. The number of hydrogen-bond acceptors (Lipinski definition) is 6. The number of aromatic nitrogens is 2. The number of nitrogens with one attached hydrogen (secondary N) is 5. The Morgan fingerprint density at radius 3 is 1.48 bits per heavy atom. The van der Waals surface area contributed by atoms with Gasteiger partial charge in [0.25, 0.3) is 11.8 Å². The SMILES string of the molecule is CC(C)CC(C)(NC(=O)CF)C(=O)N[C@H](C1=NC=C(c2ccc(-c3ccc(-c4cnc([C@@H](NC(=O)C(C)(CC(C)C)NC(=O)CF)C(C)(C)C)[nH]4)cc3)cc2)C1)C(C)(C)C. The maximum atomic E-state index is 13.7. The third-order valence-electron chi connectivity index (χ3n) is 10.7. The van der Waals surface area contributed by atoms with E-state index in [1.165, 1.54) is 0 Å². The molecule has 326 valence electrons. The Morgan fingerprint density at radius 1 is 0.650 bits per heavy atom. The molecule has 0 fully saturated rings. The molecule has 2 unspecified atom stereocenters. The minimum absolute atomic E-state index is 0.0682. The van der Waals surface area contributed by atoms with Gasteiger partial charge >= 0.3 is 0 Å². The topological polar surface area (TPSA) is 157 Å². The first kappa shape index (κ1) is 47.5. The van der Waals surface area contributed by atoms with Crippen LogP contribution in [0.3, 0.4) is 0 Å². The van der Waals surface area contributed by atoms with Gasteiger partial charge in [-0.2, -0.15) is 0 Å². The lowest BCUT2D eigenvalue weighted by molar-refractivity contribution is -0.135. The van der Waals surface area contributed by atoms with Crippen molar-refractivity contribution >= 4 is 34.9 Å². The van der Waals surface area contributed by atoms with Crippen LogP contribution in [0.4, 0.5) is 8.78 Å². The van der Waals surface area contributed by atoms with Crippen LogP contribution >= 0.6 is 0 Å². The Balaban J connectivity index is 1.46. The van der Waals surface area contributed by atoms with E-state index in [1.807, 2.05) is 99.7 Å². The zero-order valence-corrected chi connectivity index (χ0v) is 37.4. The highest BCUT2D eigenvalue weighted by Crippen LogP contribution is 2.35. The standard InChI is InChI=1S/C47H65F2N7O4/c1-28(2)22-46(11,55-37(57)24-48)42(59)53-39(44(5,6)7)35-21-34(26-50-35)32-15-13-30(14-16-32)31-17-19-33(20-18-31)36-27-51-41(52-36)40(45(8,9)10)54-43(60)47(12,23-29(3)4)56-38(58)25-49/h13-20,26-29,39-40H,21-25H2,1-12H3,(H,51,52)(H,53,59)(H,54,60)(H,55,57)(H,56,58)/t39-,40-,46?,47?/m1/s1. The summed E-state index contributed by atoms with van der Waals surface area (Å²) in [6.07, 6.45) is 4.79. The molecule has 0 aliphatic carbocycles. The number of imidazole rings is 1. The third-order valence-corrected chi connectivity index (χ3v) is 10.7. The number of rotatable bonds is 17. The summed E-state index contributed by atoms with van der Waals surface area (Å²) in [5.41, 5.74) is 3.10. The first-order valence-electron chi connectivity index (χ1n) is 20.8. The van der Waals surface area contributed by atoms with Crippen LogP contribution in [-0.4, -0.2) is 69.8 Å². The molecular weight excluding hydrogens is 765 g/mol. The number of nitrogens with zero attached hydrogens (tertiary/aromatic N) is 2. The van der Waals surface area contributed by atoms with Crippen molar-refractivity contribution < 1.29 is 28.0 Å². The van der Waals surface area contributed by atoms with Crippen molar-refractivity contribution in [3.8, 4) is 22.4 Å². The quantitative estimate of drug-likeness (QED) is 0.0923. The maximum Gasteiger partial charge on any atom is 0.252 e. The molecular formula is C47H65F2N7O4. The molecule has 1 aliphatic rings. The molecule has 1 aromatic heterocycles. The average Bonchev–Trinajstić information content (AvgIpc) is 3.85. The molecule has 2 heterocycles.